The molecule has 1 aromatic carbocycles. The monoisotopic (exact) mass is 304 g/mol. The van der Waals surface area contributed by atoms with Crippen molar-refractivity contribution in [2.24, 2.45) is 5.73 Å². The van der Waals surface area contributed by atoms with E-state index >= 15 is 0 Å². The number of hydrogen-bond acceptors (Lipinski definition) is 4. The molecule has 1 amide bonds. The third-order valence-corrected chi connectivity index (χ3v) is 4.45. The van der Waals surface area contributed by atoms with Crippen LogP contribution in [-0.4, -0.2) is 36.6 Å². The van der Waals surface area contributed by atoms with Crippen LogP contribution in [0, 0.1) is 0 Å². The van der Waals surface area contributed by atoms with Crippen LogP contribution in [0.5, 0.6) is 11.5 Å². The van der Waals surface area contributed by atoms with Crippen LogP contribution < -0.4 is 15.2 Å². The molecule has 1 aromatic rings. The van der Waals surface area contributed by atoms with Crippen molar-refractivity contribution in [3.05, 3.63) is 23.8 Å². The topological polar surface area (TPSA) is 64.8 Å². The van der Waals surface area contributed by atoms with Crippen LogP contribution in [0.3, 0.4) is 0 Å². The fourth-order valence-corrected chi connectivity index (χ4v) is 3.27. The van der Waals surface area contributed by atoms with E-state index in [0.717, 1.165) is 30.6 Å². The van der Waals surface area contributed by atoms with Crippen LogP contribution in [0.4, 0.5) is 0 Å². The van der Waals surface area contributed by atoms with Crippen LogP contribution in [-0.2, 0) is 4.79 Å². The summed E-state index contributed by atoms with van der Waals surface area (Å²) in [5.41, 5.74) is 7.39. The molecule has 2 unspecified atom stereocenters. The Balaban J connectivity index is 1.94. The fourth-order valence-electron chi connectivity index (χ4n) is 3.27. The Labute approximate surface area is 131 Å². The number of benzene rings is 1. The average Bonchev–Trinajstić information content (AvgIpc) is 3.35. The summed E-state index contributed by atoms with van der Waals surface area (Å²) in [4.78, 5) is 14.3. The lowest BCUT2D eigenvalue weighted by Gasteiger charge is -2.40. The number of likely N-dealkylation sites (tertiary alicyclic amines) is 1. The van der Waals surface area contributed by atoms with Gasteiger partial charge in [-0.2, -0.15) is 0 Å². The minimum Gasteiger partial charge on any atom is -0.493 e. The maximum Gasteiger partial charge on any atom is 0.223 e. The molecule has 1 aliphatic carbocycles. The maximum atomic E-state index is 12.3. The van der Waals surface area contributed by atoms with E-state index in [1.54, 1.807) is 7.11 Å². The lowest BCUT2D eigenvalue weighted by Crippen LogP contribution is -2.49. The second-order valence-electron chi connectivity index (χ2n) is 6.02. The molecule has 1 aliphatic heterocycles. The molecule has 0 radical (unpaired) electrons. The van der Waals surface area contributed by atoms with Crippen LogP contribution in [0.25, 0.3) is 0 Å². The second kappa shape index (κ2) is 6.16. The summed E-state index contributed by atoms with van der Waals surface area (Å²) in [6.07, 6.45) is 3.47. The number of ether oxygens (including phenoxy) is 2. The number of nitrogens with two attached hydrogens (primary N) is 1. The van der Waals surface area contributed by atoms with E-state index in [4.69, 9.17) is 15.2 Å². The minimum atomic E-state index is -0.0571. The highest BCUT2D eigenvalue weighted by Gasteiger charge is 2.43. The van der Waals surface area contributed by atoms with Crippen LogP contribution in [0.2, 0.25) is 0 Å². The molecule has 5 heteroatoms. The van der Waals surface area contributed by atoms with Crippen LogP contribution in [0.15, 0.2) is 18.2 Å². The van der Waals surface area contributed by atoms with E-state index in [0.29, 0.717) is 24.8 Å². The predicted molar refractivity (Wildman–Crippen MR) is 84.0 cm³/mol. The molecule has 2 aliphatic rings. The molecule has 1 heterocycles. The zero-order valence-corrected chi connectivity index (χ0v) is 13.2. The van der Waals surface area contributed by atoms with E-state index < -0.39 is 0 Å². The third kappa shape index (κ3) is 2.77. The van der Waals surface area contributed by atoms with E-state index in [9.17, 15) is 4.79 Å². The average molecular weight is 304 g/mol. The molecule has 120 valence electrons. The van der Waals surface area contributed by atoms with E-state index in [2.05, 4.69) is 0 Å². The van der Waals surface area contributed by atoms with Gasteiger partial charge in [0.15, 0.2) is 11.5 Å². The Morgan fingerprint density at radius 2 is 2.05 bits per heavy atom. The van der Waals surface area contributed by atoms with E-state index in [1.807, 2.05) is 30.0 Å². The number of amides is 1. The molecule has 1 saturated heterocycles. The highest BCUT2D eigenvalue weighted by Crippen LogP contribution is 2.41. The number of nitrogens with zero attached hydrogens (tertiary/aromatic N) is 1. The van der Waals surface area contributed by atoms with Crippen molar-refractivity contribution in [3.63, 3.8) is 0 Å². The Hall–Kier alpha value is -1.75. The Kier molecular flexibility index (Phi) is 4.25. The van der Waals surface area contributed by atoms with Gasteiger partial charge in [0, 0.05) is 18.5 Å². The molecule has 2 N–H and O–H groups in total. The SMILES string of the molecule is CCOc1ccc(C2C(N)CCC(=O)N2C2CC2)cc1OC. The van der Waals surface area contributed by atoms with Gasteiger partial charge >= 0.3 is 0 Å². The molecular weight excluding hydrogens is 280 g/mol. The largest absolute Gasteiger partial charge is 0.493 e. The van der Waals surface area contributed by atoms with Gasteiger partial charge < -0.3 is 20.1 Å². The molecule has 5 nitrogen and oxygen atoms in total. The van der Waals surface area contributed by atoms with Crippen molar-refractivity contribution >= 4 is 5.91 Å². The van der Waals surface area contributed by atoms with E-state index in [1.165, 1.54) is 0 Å². The molecular formula is C17H24N2O3. The summed E-state index contributed by atoms with van der Waals surface area (Å²) in [7, 11) is 1.63. The Bertz CT molecular complexity index is 557. The van der Waals surface area contributed by atoms with Gasteiger partial charge in [-0.15, -0.1) is 0 Å². The third-order valence-electron chi connectivity index (χ3n) is 4.45. The first kappa shape index (κ1) is 15.2. The van der Waals surface area contributed by atoms with Gasteiger partial charge in [-0.05, 0) is 43.9 Å². The van der Waals surface area contributed by atoms with Gasteiger partial charge in [-0.25, -0.2) is 0 Å². The molecule has 3 rings (SSSR count). The number of hydrogen-bond donors (Lipinski definition) is 1. The first-order chi connectivity index (χ1) is 10.7. The molecule has 2 fully saturated rings. The van der Waals surface area contributed by atoms with Crippen molar-refractivity contribution in [2.75, 3.05) is 13.7 Å². The highest BCUT2D eigenvalue weighted by molar-refractivity contribution is 5.78. The quantitative estimate of drug-likeness (QED) is 0.906. The number of carbonyl (C=O) groups is 1. The van der Waals surface area contributed by atoms with Crippen molar-refractivity contribution < 1.29 is 14.3 Å². The summed E-state index contributed by atoms with van der Waals surface area (Å²) in [5, 5.41) is 0. The molecule has 2 atom stereocenters. The molecule has 1 saturated carbocycles. The second-order valence-corrected chi connectivity index (χ2v) is 6.02. The van der Waals surface area contributed by atoms with Crippen LogP contribution >= 0.6 is 0 Å². The number of methoxy groups -OCH3 is 1. The Morgan fingerprint density at radius 1 is 1.27 bits per heavy atom. The smallest absolute Gasteiger partial charge is 0.223 e. The first-order valence-electron chi connectivity index (χ1n) is 8.03. The van der Waals surface area contributed by atoms with Crippen molar-refractivity contribution in [3.8, 4) is 11.5 Å². The van der Waals surface area contributed by atoms with E-state index in [-0.39, 0.29) is 18.0 Å². The van der Waals surface area contributed by atoms with Gasteiger partial charge in [0.2, 0.25) is 5.91 Å². The summed E-state index contributed by atoms with van der Waals surface area (Å²) in [6, 6.07) is 6.16. The van der Waals surface area contributed by atoms with Gasteiger partial charge in [0.25, 0.3) is 0 Å². The molecule has 0 bridgehead atoms. The minimum absolute atomic E-state index is 0.0269. The lowest BCUT2D eigenvalue weighted by atomic mass is 9.90. The summed E-state index contributed by atoms with van der Waals surface area (Å²) >= 11 is 0. The van der Waals surface area contributed by atoms with Crippen LogP contribution in [0.1, 0.15) is 44.2 Å². The number of piperidine rings is 1. The molecule has 0 spiro atoms. The van der Waals surface area contributed by atoms with Gasteiger partial charge in [0.1, 0.15) is 0 Å². The normalized spacial score (nSPS) is 25.2. The van der Waals surface area contributed by atoms with Gasteiger partial charge in [0.05, 0.1) is 19.8 Å². The fraction of sp³-hybridized carbons (Fsp3) is 0.588. The zero-order valence-electron chi connectivity index (χ0n) is 13.2. The summed E-state index contributed by atoms with van der Waals surface area (Å²) in [5.74, 6) is 1.64. The highest BCUT2D eigenvalue weighted by atomic mass is 16.5. The van der Waals surface area contributed by atoms with Gasteiger partial charge in [-0.1, -0.05) is 6.07 Å². The standard InChI is InChI=1S/C17H24N2O3/c1-3-22-14-8-4-11(10-15(14)21-2)17-13(18)7-9-16(20)19(17)12-5-6-12/h4,8,10,12-13,17H,3,5-7,9,18H2,1-2H3. The lowest BCUT2D eigenvalue weighted by molar-refractivity contribution is -0.138. The van der Waals surface area contributed by atoms with Crippen molar-refractivity contribution in [1.82, 2.24) is 4.90 Å². The van der Waals surface area contributed by atoms with Crippen molar-refractivity contribution in [1.29, 1.82) is 0 Å². The summed E-state index contributed by atoms with van der Waals surface area (Å²) in [6.45, 7) is 2.53. The maximum absolute atomic E-state index is 12.3. The number of rotatable bonds is 5. The van der Waals surface area contributed by atoms with Crippen molar-refractivity contribution in [2.45, 2.75) is 50.7 Å². The summed E-state index contributed by atoms with van der Waals surface area (Å²) < 4.78 is 11.0. The molecule has 22 heavy (non-hydrogen) atoms. The Morgan fingerprint density at radius 3 is 2.68 bits per heavy atom. The predicted octanol–water partition coefficient (Wildman–Crippen LogP) is 2.25. The first-order valence-corrected chi connectivity index (χ1v) is 8.03. The zero-order chi connectivity index (χ0) is 15.7. The number of carbonyl (C=O) groups excluding carboxylic acids is 1. The van der Waals surface area contributed by atoms with Gasteiger partial charge in [-0.3, -0.25) is 4.79 Å². The molecule has 0 aromatic heterocycles.